The summed E-state index contributed by atoms with van der Waals surface area (Å²) in [7, 11) is -1.39. The average molecular weight is 418 g/mol. The Kier molecular flexibility index (Phi) is 9.73. The molecule has 1 aliphatic carbocycles. The lowest BCUT2D eigenvalue weighted by atomic mass is 9.87. The van der Waals surface area contributed by atoms with E-state index in [4.69, 9.17) is 0 Å². The number of hydrogen-bond donors (Lipinski definition) is 3. The minimum Gasteiger partial charge on any atom is -0.355 e. The molecule has 0 aromatic heterocycles. The highest BCUT2D eigenvalue weighted by Gasteiger charge is 2.19. The Bertz CT molecular complexity index is 400. The molecule has 8 heteroatoms. The van der Waals surface area contributed by atoms with E-state index in [-0.39, 0.29) is 24.0 Å². The van der Waals surface area contributed by atoms with Crippen molar-refractivity contribution in [3.63, 3.8) is 0 Å². The molecule has 1 rings (SSSR count). The van der Waals surface area contributed by atoms with Crippen molar-refractivity contribution in [2.75, 3.05) is 26.4 Å². The fourth-order valence-corrected chi connectivity index (χ4v) is 2.84. The third-order valence-electron chi connectivity index (χ3n) is 3.28. The van der Waals surface area contributed by atoms with E-state index >= 15 is 0 Å². The molecule has 120 valence electrons. The summed E-state index contributed by atoms with van der Waals surface area (Å²) in [6, 6.07) is 0.470. The quantitative estimate of drug-likeness (QED) is 0.268. The predicted molar refractivity (Wildman–Crippen MR) is 94.2 cm³/mol. The molecule has 2 atom stereocenters. The maximum Gasteiger partial charge on any atom is 0.208 e. The van der Waals surface area contributed by atoms with Crippen LogP contribution in [0.2, 0.25) is 0 Å². The SMILES string of the molecule is CN=C(NCCNS(C)(=O)=O)NC1CCCC(C)C1.I. The molecule has 0 aromatic carbocycles. The molecule has 3 N–H and O–H groups in total. The van der Waals surface area contributed by atoms with Crippen LogP contribution < -0.4 is 15.4 Å². The maximum absolute atomic E-state index is 10.9. The van der Waals surface area contributed by atoms with E-state index in [0.29, 0.717) is 19.1 Å². The van der Waals surface area contributed by atoms with Crippen LogP contribution >= 0.6 is 24.0 Å². The molecule has 1 saturated carbocycles. The summed E-state index contributed by atoms with van der Waals surface area (Å²) in [5.74, 6) is 1.51. The lowest BCUT2D eigenvalue weighted by Gasteiger charge is -2.28. The van der Waals surface area contributed by atoms with Crippen molar-refractivity contribution < 1.29 is 8.42 Å². The number of nitrogens with zero attached hydrogens (tertiary/aromatic N) is 1. The van der Waals surface area contributed by atoms with Crippen LogP contribution in [0.5, 0.6) is 0 Å². The van der Waals surface area contributed by atoms with Crippen molar-refractivity contribution in [3.8, 4) is 0 Å². The number of sulfonamides is 1. The topological polar surface area (TPSA) is 82.6 Å². The molecule has 0 aliphatic heterocycles. The molecule has 0 radical (unpaired) electrons. The Morgan fingerprint density at radius 3 is 2.55 bits per heavy atom. The second-order valence-electron chi connectivity index (χ2n) is 5.28. The van der Waals surface area contributed by atoms with Gasteiger partial charge in [-0.2, -0.15) is 0 Å². The summed E-state index contributed by atoms with van der Waals surface area (Å²) in [4.78, 5) is 4.16. The molecule has 6 nitrogen and oxygen atoms in total. The third kappa shape index (κ3) is 8.96. The molecule has 0 saturated heterocycles. The molecule has 0 aromatic rings. The maximum atomic E-state index is 10.9. The second kappa shape index (κ2) is 9.78. The molecule has 2 unspecified atom stereocenters. The van der Waals surface area contributed by atoms with E-state index in [9.17, 15) is 8.42 Å². The number of rotatable bonds is 5. The third-order valence-corrected chi connectivity index (χ3v) is 4.01. The molecule has 1 fully saturated rings. The lowest BCUT2D eigenvalue weighted by Crippen LogP contribution is -2.46. The van der Waals surface area contributed by atoms with Gasteiger partial charge in [-0.15, -0.1) is 24.0 Å². The fourth-order valence-electron chi connectivity index (χ4n) is 2.37. The summed E-state index contributed by atoms with van der Waals surface area (Å²) < 4.78 is 24.3. The van der Waals surface area contributed by atoms with Gasteiger partial charge in [0.1, 0.15) is 0 Å². The molecule has 0 heterocycles. The highest BCUT2D eigenvalue weighted by molar-refractivity contribution is 14.0. The Hall–Kier alpha value is -0.0900. The van der Waals surface area contributed by atoms with E-state index in [1.165, 1.54) is 25.7 Å². The van der Waals surface area contributed by atoms with Crippen LogP contribution in [0.25, 0.3) is 0 Å². The van der Waals surface area contributed by atoms with Gasteiger partial charge in [0.15, 0.2) is 5.96 Å². The van der Waals surface area contributed by atoms with E-state index in [0.717, 1.165) is 18.1 Å². The molecule has 20 heavy (non-hydrogen) atoms. The van der Waals surface area contributed by atoms with E-state index in [1.807, 2.05) is 0 Å². The monoisotopic (exact) mass is 418 g/mol. The first-order valence-corrected chi connectivity index (χ1v) is 8.71. The first-order valence-electron chi connectivity index (χ1n) is 6.82. The van der Waals surface area contributed by atoms with Gasteiger partial charge < -0.3 is 10.6 Å². The first-order chi connectivity index (χ1) is 8.90. The number of aliphatic imine (C=N–C) groups is 1. The van der Waals surface area contributed by atoms with Crippen molar-refractivity contribution in [2.24, 2.45) is 10.9 Å². The molecule has 0 bridgehead atoms. The van der Waals surface area contributed by atoms with E-state index in [1.54, 1.807) is 7.05 Å². The lowest BCUT2D eigenvalue weighted by molar-refractivity contribution is 0.324. The normalized spacial score (nSPS) is 23.9. The predicted octanol–water partition coefficient (Wildman–Crippen LogP) is 0.897. The van der Waals surface area contributed by atoms with Crippen molar-refractivity contribution in [3.05, 3.63) is 0 Å². The van der Waals surface area contributed by atoms with Gasteiger partial charge in [0.05, 0.1) is 6.26 Å². The van der Waals surface area contributed by atoms with Crippen LogP contribution in [-0.2, 0) is 10.0 Å². The summed E-state index contributed by atoms with van der Waals surface area (Å²) in [6.45, 7) is 3.16. The molecule has 1 aliphatic rings. The summed E-state index contributed by atoms with van der Waals surface area (Å²) in [5.41, 5.74) is 0. The summed E-state index contributed by atoms with van der Waals surface area (Å²) in [6.07, 6.45) is 6.06. The highest BCUT2D eigenvalue weighted by Crippen LogP contribution is 2.23. The Morgan fingerprint density at radius 2 is 2.00 bits per heavy atom. The minimum absolute atomic E-state index is 0. The van der Waals surface area contributed by atoms with E-state index in [2.05, 4.69) is 27.3 Å². The summed E-state index contributed by atoms with van der Waals surface area (Å²) >= 11 is 0. The Labute approximate surface area is 139 Å². The van der Waals surface area contributed by atoms with Crippen molar-refractivity contribution in [1.82, 2.24) is 15.4 Å². The van der Waals surface area contributed by atoms with E-state index < -0.39 is 10.0 Å². The first kappa shape index (κ1) is 19.9. The van der Waals surface area contributed by atoms with Gasteiger partial charge in [0.2, 0.25) is 10.0 Å². The van der Waals surface area contributed by atoms with Gasteiger partial charge in [-0.25, -0.2) is 13.1 Å². The Morgan fingerprint density at radius 1 is 1.30 bits per heavy atom. The van der Waals surface area contributed by atoms with Crippen LogP contribution in [-0.4, -0.2) is 46.8 Å². The van der Waals surface area contributed by atoms with Gasteiger partial charge in [0, 0.05) is 26.2 Å². The second-order valence-corrected chi connectivity index (χ2v) is 7.11. The van der Waals surface area contributed by atoms with Crippen LogP contribution in [0.4, 0.5) is 0 Å². The van der Waals surface area contributed by atoms with Crippen LogP contribution in [0.1, 0.15) is 32.6 Å². The molecule has 0 spiro atoms. The van der Waals surface area contributed by atoms with Crippen molar-refractivity contribution in [2.45, 2.75) is 38.6 Å². The largest absolute Gasteiger partial charge is 0.355 e. The highest BCUT2D eigenvalue weighted by atomic mass is 127. The van der Waals surface area contributed by atoms with Gasteiger partial charge in [-0.05, 0) is 18.8 Å². The van der Waals surface area contributed by atoms with Crippen molar-refractivity contribution in [1.29, 1.82) is 0 Å². The fraction of sp³-hybridized carbons (Fsp3) is 0.917. The number of halogens is 1. The van der Waals surface area contributed by atoms with Gasteiger partial charge in [0.25, 0.3) is 0 Å². The number of guanidine groups is 1. The average Bonchev–Trinajstić information content (AvgIpc) is 2.32. The zero-order valence-corrected chi connectivity index (χ0v) is 15.6. The zero-order chi connectivity index (χ0) is 14.3. The van der Waals surface area contributed by atoms with Gasteiger partial charge in [-0.1, -0.05) is 19.8 Å². The van der Waals surface area contributed by atoms with Crippen LogP contribution in [0.3, 0.4) is 0 Å². The molecule has 0 amide bonds. The number of hydrogen-bond acceptors (Lipinski definition) is 3. The zero-order valence-electron chi connectivity index (χ0n) is 12.5. The molecular formula is C12H27IN4O2S. The standard InChI is InChI=1S/C12H26N4O2S.HI/c1-10-5-4-6-11(9-10)16-12(13-2)14-7-8-15-19(3,17)18;/h10-11,15H,4-9H2,1-3H3,(H2,13,14,16);1H. The minimum atomic E-state index is -3.11. The van der Waals surface area contributed by atoms with Crippen molar-refractivity contribution >= 4 is 40.0 Å². The summed E-state index contributed by atoms with van der Waals surface area (Å²) in [5, 5.41) is 6.51. The molecular weight excluding hydrogens is 391 g/mol. The van der Waals surface area contributed by atoms with Gasteiger partial charge >= 0.3 is 0 Å². The Balaban J connectivity index is 0.00000361. The number of nitrogens with one attached hydrogen (secondary N) is 3. The van der Waals surface area contributed by atoms with Crippen LogP contribution in [0.15, 0.2) is 4.99 Å². The van der Waals surface area contributed by atoms with Crippen LogP contribution in [0, 0.1) is 5.92 Å². The smallest absolute Gasteiger partial charge is 0.208 e. The van der Waals surface area contributed by atoms with Gasteiger partial charge in [-0.3, -0.25) is 4.99 Å².